The van der Waals surface area contributed by atoms with Crippen LogP contribution in [0.3, 0.4) is 0 Å². The van der Waals surface area contributed by atoms with Crippen molar-refractivity contribution in [2.24, 2.45) is 0 Å². The Morgan fingerprint density at radius 1 is 1.46 bits per heavy atom. The van der Waals surface area contributed by atoms with E-state index in [0.29, 0.717) is 0 Å². The number of thiazole rings is 1. The molecule has 2 N–H and O–H groups in total. The van der Waals surface area contributed by atoms with E-state index in [2.05, 4.69) is 17.2 Å². The summed E-state index contributed by atoms with van der Waals surface area (Å²) in [7, 11) is 0. The first-order valence-corrected chi connectivity index (χ1v) is 5.37. The number of anilines is 1. The molecule has 1 aromatic rings. The van der Waals surface area contributed by atoms with Crippen molar-refractivity contribution in [2.45, 2.75) is 38.8 Å². The van der Waals surface area contributed by atoms with Crippen LogP contribution in [0, 0.1) is 13.8 Å². The fraction of sp³-hybridized carbons (Fsp3) is 0.667. The number of aliphatic hydroxyl groups excluding tert-OH is 1. The molecule has 1 saturated carbocycles. The Balaban J connectivity index is 2.01. The summed E-state index contributed by atoms with van der Waals surface area (Å²) in [5.74, 6) is 0. The summed E-state index contributed by atoms with van der Waals surface area (Å²) in [6.07, 6.45) is 1.80. The first-order valence-electron chi connectivity index (χ1n) is 4.55. The minimum atomic E-state index is -0.176. The highest BCUT2D eigenvalue weighted by atomic mass is 32.1. The van der Waals surface area contributed by atoms with Gasteiger partial charge in [0.25, 0.3) is 0 Å². The number of hydrogen-bond acceptors (Lipinski definition) is 4. The van der Waals surface area contributed by atoms with E-state index < -0.39 is 0 Å². The molecule has 2 rings (SSSR count). The fourth-order valence-electron chi connectivity index (χ4n) is 1.34. The van der Waals surface area contributed by atoms with Crippen LogP contribution in [0.15, 0.2) is 0 Å². The Kier molecular flexibility index (Phi) is 2.26. The van der Waals surface area contributed by atoms with E-state index in [4.69, 9.17) is 0 Å². The molecule has 1 aromatic heterocycles. The van der Waals surface area contributed by atoms with Crippen molar-refractivity contribution in [3.63, 3.8) is 0 Å². The first kappa shape index (κ1) is 8.97. The van der Waals surface area contributed by atoms with E-state index in [1.54, 1.807) is 11.3 Å². The second kappa shape index (κ2) is 3.27. The van der Waals surface area contributed by atoms with Gasteiger partial charge in [-0.3, -0.25) is 0 Å². The summed E-state index contributed by atoms with van der Waals surface area (Å²) in [6.45, 7) is 4.07. The molecule has 2 atom stereocenters. The number of nitrogens with one attached hydrogen (secondary N) is 1. The lowest BCUT2D eigenvalue weighted by molar-refractivity contribution is 0.0786. The summed E-state index contributed by atoms with van der Waals surface area (Å²) < 4.78 is 0. The third kappa shape index (κ3) is 1.69. The molecule has 0 aliphatic heterocycles. The predicted molar refractivity (Wildman–Crippen MR) is 54.2 cm³/mol. The van der Waals surface area contributed by atoms with Crippen LogP contribution < -0.4 is 5.32 Å². The summed E-state index contributed by atoms with van der Waals surface area (Å²) in [6, 6.07) is 0.227. The summed E-state index contributed by atoms with van der Waals surface area (Å²) in [4.78, 5) is 5.61. The molecule has 0 bridgehead atoms. The Morgan fingerprint density at radius 3 is 2.62 bits per heavy atom. The molecule has 0 aromatic carbocycles. The average Bonchev–Trinajstić information content (AvgIpc) is 2.40. The van der Waals surface area contributed by atoms with Gasteiger partial charge in [0.2, 0.25) is 0 Å². The second-order valence-electron chi connectivity index (χ2n) is 3.56. The lowest BCUT2D eigenvalue weighted by atomic mass is 9.89. The van der Waals surface area contributed by atoms with Crippen molar-refractivity contribution < 1.29 is 5.11 Å². The molecule has 0 spiro atoms. The Hall–Kier alpha value is -0.610. The van der Waals surface area contributed by atoms with E-state index in [9.17, 15) is 5.11 Å². The molecule has 1 aliphatic carbocycles. The van der Waals surface area contributed by atoms with E-state index in [-0.39, 0.29) is 12.1 Å². The Bertz CT molecular complexity index is 291. The van der Waals surface area contributed by atoms with Gasteiger partial charge in [0.15, 0.2) is 5.13 Å². The predicted octanol–water partition coefficient (Wildman–Crippen LogP) is 1.70. The molecule has 1 aliphatic rings. The van der Waals surface area contributed by atoms with Gasteiger partial charge in [-0.2, -0.15) is 0 Å². The van der Waals surface area contributed by atoms with Crippen LogP contribution in [0.1, 0.15) is 23.4 Å². The molecule has 4 heteroatoms. The van der Waals surface area contributed by atoms with E-state index >= 15 is 0 Å². The maximum atomic E-state index is 9.36. The average molecular weight is 198 g/mol. The number of rotatable bonds is 2. The minimum Gasteiger partial charge on any atom is -0.391 e. The number of nitrogens with zero attached hydrogens (tertiary/aromatic N) is 1. The third-order valence-corrected chi connectivity index (χ3v) is 3.58. The molecule has 3 nitrogen and oxygen atoms in total. The first-order chi connectivity index (χ1) is 6.16. The number of aliphatic hydroxyl groups is 1. The largest absolute Gasteiger partial charge is 0.391 e. The van der Waals surface area contributed by atoms with Crippen molar-refractivity contribution in [1.29, 1.82) is 0 Å². The highest BCUT2D eigenvalue weighted by Crippen LogP contribution is 2.27. The quantitative estimate of drug-likeness (QED) is 0.760. The van der Waals surface area contributed by atoms with Crippen molar-refractivity contribution in [1.82, 2.24) is 4.98 Å². The highest BCUT2D eigenvalue weighted by molar-refractivity contribution is 7.15. The number of aromatic nitrogens is 1. The van der Waals surface area contributed by atoms with E-state index in [0.717, 1.165) is 23.7 Å². The molecule has 1 heterocycles. The topological polar surface area (TPSA) is 45.2 Å². The third-order valence-electron chi connectivity index (χ3n) is 2.58. The van der Waals surface area contributed by atoms with Crippen LogP contribution in [0.2, 0.25) is 0 Å². The summed E-state index contributed by atoms with van der Waals surface area (Å²) in [5, 5.41) is 13.5. The minimum absolute atomic E-state index is 0.176. The van der Waals surface area contributed by atoms with Gasteiger partial charge < -0.3 is 10.4 Å². The summed E-state index contributed by atoms with van der Waals surface area (Å²) >= 11 is 1.66. The van der Waals surface area contributed by atoms with Crippen molar-refractivity contribution in [3.8, 4) is 0 Å². The van der Waals surface area contributed by atoms with Gasteiger partial charge in [-0.05, 0) is 26.7 Å². The van der Waals surface area contributed by atoms with Crippen LogP contribution in [-0.2, 0) is 0 Å². The monoisotopic (exact) mass is 198 g/mol. The maximum absolute atomic E-state index is 9.36. The van der Waals surface area contributed by atoms with Gasteiger partial charge in [-0.25, -0.2) is 4.98 Å². The Morgan fingerprint density at radius 2 is 2.23 bits per heavy atom. The molecular weight excluding hydrogens is 184 g/mol. The summed E-state index contributed by atoms with van der Waals surface area (Å²) in [5.41, 5.74) is 1.08. The number of hydrogen-bond donors (Lipinski definition) is 2. The second-order valence-corrected chi connectivity index (χ2v) is 4.76. The zero-order chi connectivity index (χ0) is 9.42. The molecular formula is C9H14N2OS. The normalized spacial score (nSPS) is 27.0. The maximum Gasteiger partial charge on any atom is 0.183 e. The lowest BCUT2D eigenvalue weighted by Crippen LogP contribution is -2.42. The molecule has 0 radical (unpaired) electrons. The van der Waals surface area contributed by atoms with Gasteiger partial charge in [0.05, 0.1) is 17.8 Å². The number of aryl methyl sites for hydroxylation is 2. The zero-order valence-electron chi connectivity index (χ0n) is 7.87. The molecule has 2 unspecified atom stereocenters. The van der Waals surface area contributed by atoms with Gasteiger partial charge in [0, 0.05) is 4.88 Å². The van der Waals surface area contributed by atoms with Crippen LogP contribution in [-0.4, -0.2) is 22.2 Å². The van der Waals surface area contributed by atoms with Crippen molar-refractivity contribution >= 4 is 16.5 Å². The van der Waals surface area contributed by atoms with Crippen LogP contribution in [0.4, 0.5) is 5.13 Å². The van der Waals surface area contributed by atoms with Gasteiger partial charge in [-0.15, -0.1) is 11.3 Å². The van der Waals surface area contributed by atoms with Crippen molar-refractivity contribution in [3.05, 3.63) is 10.6 Å². The van der Waals surface area contributed by atoms with Crippen molar-refractivity contribution in [2.75, 3.05) is 5.32 Å². The molecule has 13 heavy (non-hydrogen) atoms. The van der Waals surface area contributed by atoms with Gasteiger partial charge in [-0.1, -0.05) is 0 Å². The smallest absolute Gasteiger partial charge is 0.183 e. The molecule has 0 saturated heterocycles. The van der Waals surface area contributed by atoms with Gasteiger partial charge >= 0.3 is 0 Å². The lowest BCUT2D eigenvalue weighted by Gasteiger charge is -2.32. The molecule has 1 fully saturated rings. The van der Waals surface area contributed by atoms with E-state index in [1.165, 1.54) is 4.88 Å². The Labute approximate surface area is 81.8 Å². The SMILES string of the molecule is Cc1nc(NC2CCC2O)sc1C. The van der Waals surface area contributed by atoms with Crippen LogP contribution in [0.25, 0.3) is 0 Å². The van der Waals surface area contributed by atoms with Gasteiger partial charge in [0.1, 0.15) is 0 Å². The highest BCUT2D eigenvalue weighted by Gasteiger charge is 2.29. The molecule has 0 amide bonds. The van der Waals surface area contributed by atoms with Crippen LogP contribution in [0.5, 0.6) is 0 Å². The van der Waals surface area contributed by atoms with E-state index in [1.807, 2.05) is 6.92 Å². The fourth-order valence-corrected chi connectivity index (χ4v) is 2.22. The molecule has 72 valence electrons. The zero-order valence-corrected chi connectivity index (χ0v) is 8.69. The van der Waals surface area contributed by atoms with Crippen LogP contribution >= 0.6 is 11.3 Å². The standard InChI is InChI=1S/C9H14N2OS/c1-5-6(2)13-9(10-5)11-7-3-4-8(7)12/h7-8,12H,3-4H2,1-2H3,(H,10,11).